The maximum absolute atomic E-state index is 5.53. The van der Waals surface area contributed by atoms with Crippen molar-refractivity contribution in [1.82, 2.24) is 10.3 Å². The van der Waals surface area contributed by atoms with Crippen LogP contribution in [0.5, 0.6) is 0 Å². The lowest BCUT2D eigenvalue weighted by atomic mass is 10.1. The van der Waals surface area contributed by atoms with Crippen LogP contribution in [0, 0.1) is 5.92 Å². The van der Waals surface area contributed by atoms with Gasteiger partial charge in [-0.15, -0.1) is 11.3 Å². The fraction of sp³-hybridized carbons (Fsp3) is 0.750. The number of rotatable bonds is 7. The summed E-state index contributed by atoms with van der Waals surface area (Å²) in [7, 11) is 0. The van der Waals surface area contributed by atoms with Crippen molar-refractivity contribution in [1.29, 1.82) is 0 Å². The van der Waals surface area contributed by atoms with Crippen LogP contribution < -0.4 is 5.32 Å². The second-order valence-electron chi connectivity index (χ2n) is 4.86. The number of nitrogens with zero attached hydrogens (tertiary/aromatic N) is 1. The zero-order valence-corrected chi connectivity index (χ0v) is 11.4. The summed E-state index contributed by atoms with van der Waals surface area (Å²) in [5.74, 6) is 0.604. The molecule has 4 heteroatoms. The van der Waals surface area contributed by atoms with Crippen molar-refractivity contribution in [2.45, 2.75) is 33.2 Å². The first-order valence-corrected chi connectivity index (χ1v) is 6.63. The second kappa shape index (κ2) is 6.33. The van der Waals surface area contributed by atoms with Crippen LogP contribution >= 0.6 is 11.3 Å². The number of hydrogen-bond acceptors (Lipinski definition) is 4. The van der Waals surface area contributed by atoms with E-state index in [1.807, 2.05) is 11.6 Å². The molecule has 0 aliphatic carbocycles. The Kier molecular flexibility index (Phi) is 5.38. The molecule has 0 bridgehead atoms. The molecule has 0 amide bonds. The molecule has 0 aromatic carbocycles. The first kappa shape index (κ1) is 13.6. The van der Waals surface area contributed by atoms with Crippen molar-refractivity contribution in [3.8, 4) is 0 Å². The largest absolute Gasteiger partial charge is 0.380 e. The van der Waals surface area contributed by atoms with Crippen LogP contribution in [-0.4, -0.2) is 24.7 Å². The Labute approximate surface area is 102 Å². The van der Waals surface area contributed by atoms with Crippen LogP contribution in [0.3, 0.4) is 0 Å². The summed E-state index contributed by atoms with van der Waals surface area (Å²) in [6.07, 6.45) is 1.85. The first-order chi connectivity index (χ1) is 7.52. The van der Waals surface area contributed by atoms with Gasteiger partial charge in [0.05, 0.1) is 12.1 Å². The Morgan fingerprint density at radius 3 is 2.81 bits per heavy atom. The van der Waals surface area contributed by atoms with E-state index >= 15 is 0 Å². The summed E-state index contributed by atoms with van der Waals surface area (Å²) in [5, 5.41) is 6.59. The SMILES string of the molecule is CC(C)COCCNC(C)(C)c1nccs1. The lowest BCUT2D eigenvalue weighted by Gasteiger charge is -2.23. The average Bonchev–Trinajstić information content (AvgIpc) is 2.69. The lowest BCUT2D eigenvalue weighted by molar-refractivity contribution is 0.107. The highest BCUT2D eigenvalue weighted by Crippen LogP contribution is 2.21. The lowest BCUT2D eigenvalue weighted by Crippen LogP contribution is -2.38. The van der Waals surface area contributed by atoms with E-state index in [-0.39, 0.29) is 5.54 Å². The molecule has 0 aliphatic heterocycles. The van der Waals surface area contributed by atoms with E-state index in [1.165, 1.54) is 0 Å². The van der Waals surface area contributed by atoms with E-state index in [0.29, 0.717) is 5.92 Å². The van der Waals surface area contributed by atoms with Crippen LogP contribution in [0.25, 0.3) is 0 Å². The molecule has 0 unspecified atom stereocenters. The number of thiazole rings is 1. The Bertz CT molecular complexity index is 283. The first-order valence-electron chi connectivity index (χ1n) is 5.75. The molecule has 1 heterocycles. The van der Waals surface area contributed by atoms with E-state index in [1.54, 1.807) is 11.3 Å². The van der Waals surface area contributed by atoms with E-state index in [2.05, 4.69) is 38.0 Å². The molecule has 0 radical (unpaired) electrons. The van der Waals surface area contributed by atoms with E-state index < -0.39 is 0 Å². The van der Waals surface area contributed by atoms with Gasteiger partial charge in [-0.25, -0.2) is 4.98 Å². The maximum atomic E-state index is 5.53. The molecular formula is C12H22N2OS. The predicted octanol–water partition coefficient (Wildman–Crippen LogP) is 2.64. The molecular weight excluding hydrogens is 220 g/mol. The Hall–Kier alpha value is -0.450. The zero-order valence-electron chi connectivity index (χ0n) is 10.6. The normalized spacial score (nSPS) is 12.3. The molecule has 1 rings (SSSR count). The van der Waals surface area contributed by atoms with Crippen LogP contribution in [0.1, 0.15) is 32.7 Å². The monoisotopic (exact) mass is 242 g/mol. The molecule has 0 spiro atoms. The summed E-state index contributed by atoms with van der Waals surface area (Å²) in [5.41, 5.74) is -0.0602. The van der Waals surface area contributed by atoms with Crippen LogP contribution in [0.2, 0.25) is 0 Å². The molecule has 1 aromatic rings. The summed E-state index contributed by atoms with van der Waals surface area (Å²) in [4.78, 5) is 4.33. The van der Waals surface area contributed by atoms with Gasteiger partial charge in [0.25, 0.3) is 0 Å². The van der Waals surface area contributed by atoms with Gasteiger partial charge in [-0.1, -0.05) is 13.8 Å². The van der Waals surface area contributed by atoms with Gasteiger partial charge in [-0.3, -0.25) is 0 Å². The summed E-state index contributed by atoms with van der Waals surface area (Å²) >= 11 is 1.68. The van der Waals surface area contributed by atoms with Gasteiger partial charge in [0.2, 0.25) is 0 Å². The minimum Gasteiger partial charge on any atom is -0.380 e. The Morgan fingerprint density at radius 1 is 1.50 bits per heavy atom. The van der Waals surface area contributed by atoms with Crippen molar-refractivity contribution in [3.63, 3.8) is 0 Å². The number of hydrogen-bond donors (Lipinski definition) is 1. The number of ether oxygens (including phenoxy) is 1. The topological polar surface area (TPSA) is 34.1 Å². The van der Waals surface area contributed by atoms with Gasteiger partial charge in [-0.05, 0) is 19.8 Å². The van der Waals surface area contributed by atoms with Gasteiger partial charge in [0.15, 0.2) is 0 Å². The van der Waals surface area contributed by atoms with E-state index in [4.69, 9.17) is 4.74 Å². The molecule has 0 saturated heterocycles. The average molecular weight is 242 g/mol. The zero-order chi connectivity index (χ0) is 12.0. The number of aromatic nitrogens is 1. The fourth-order valence-electron chi connectivity index (χ4n) is 1.36. The van der Waals surface area contributed by atoms with Crippen LogP contribution in [0.15, 0.2) is 11.6 Å². The van der Waals surface area contributed by atoms with Gasteiger partial charge in [-0.2, -0.15) is 0 Å². The highest BCUT2D eigenvalue weighted by molar-refractivity contribution is 7.09. The third-order valence-electron chi connectivity index (χ3n) is 2.23. The molecule has 1 N–H and O–H groups in total. The molecule has 1 aromatic heterocycles. The fourth-order valence-corrected chi connectivity index (χ4v) is 2.10. The third-order valence-corrected chi connectivity index (χ3v) is 3.33. The Balaban J connectivity index is 2.22. The standard InChI is InChI=1S/C12H22N2OS/c1-10(2)9-15-7-5-14-12(3,4)11-13-6-8-16-11/h6,8,10,14H,5,7,9H2,1-4H3. The quantitative estimate of drug-likeness (QED) is 0.746. The van der Waals surface area contributed by atoms with Crippen molar-refractivity contribution in [3.05, 3.63) is 16.6 Å². The smallest absolute Gasteiger partial charge is 0.112 e. The molecule has 3 nitrogen and oxygen atoms in total. The molecule has 0 saturated carbocycles. The molecule has 92 valence electrons. The second-order valence-corrected chi connectivity index (χ2v) is 5.75. The van der Waals surface area contributed by atoms with Gasteiger partial charge in [0, 0.05) is 24.7 Å². The van der Waals surface area contributed by atoms with Crippen molar-refractivity contribution < 1.29 is 4.74 Å². The predicted molar refractivity (Wildman–Crippen MR) is 68.8 cm³/mol. The van der Waals surface area contributed by atoms with Crippen molar-refractivity contribution >= 4 is 11.3 Å². The molecule has 16 heavy (non-hydrogen) atoms. The summed E-state index contributed by atoms with van der Waals surface area (Å²) < 4.78 is 5.53. The van der Waals surface area contributed by atoms with Gasteiger partial charge in [0.1, 0.15) is 5.01 Å². The molecule has 0 aliphatic rings. The Morgan fingerprint density at radius 2 is 2.25 bits per heavy atom. The highest BCUT2D eigenvalue weighted by atomic mass is 32.1. The van der Waals surface area contributed by atoms with E-state index in [0.717, 1.165) is 24.8 Å². The minimum atomic E-state index is -0.0602. The summed E-state index contributed by atoms with van der Waals surface area (Å²) in [6, 6.07) is 0. The maximum Gasteiger partial charge on any atom is 0.112 e. The van der Waals surface area contributed by atoms with Crippen LogP contribution in [-0.2, 0) is 10.3 Å². The number of nitrogens with one attached hydrogen (secondary N) is 1. The van der Waals surface area contributed by atoms with Gasteiger partial charge < -0.3 is 10.1 Å². The van der Waals surface area contributed by atoms with Crippen molar-refractivity contribution in [2.75, 3.05) is 19.8 Å². The molecule has 0 fully saturated rings. The van der Waals surface area contributed by atoms with E-state index in [9.17, 15) is 0 Å². The van der Waals surface area contributed by atoms with Crippen molar-refractivity contribution in [2.24, 2.45) is 5.92 Å². The molecule has 0 atom stereocenters. The third kappa shape index (κ3) is 4.60. The van der Waals surface area contributed by atoms with Crippen LogP contribution in [0.4, 0.5) is 0 Å². The minimum absolute atomic E-state index is 0.0602. The highest BCUT2D eigenvalue weighted by Gasteiger charge is 2.21. The van der Waals surface area contributed by atoms with Gasteiger partial charge >= 0.3 is 0 Å². The summed E-state index contributed by atoms with van der Waals surface area (Å²) in [6.45, 7) is 11.1.